The van der Waals surface area contributed by atoms with Gasteiger partial charge in [0.2, 0.25) is 0 Å². The van der Waals surface area contributed by atoms with Crippen molar-refractivity contribution in [1.82, 2.24) is 14.8 Å². The van der Waals surface area contributed by atoms with E-state index >= 15 is 0 Å². The van der Waals surface area contributed by atoms with E-state index < -0.39 is 5.97 Å². The van der Waals surface area contributed by atoms with Crippen molar-refractivity contribution >= 4 is 17.7 Å². The van der Waals surface area contributed by atoms with E-state index in [0.717, 1.165) is 17.3 Å². The van der Waals surface area contributed by atoms with Crippen molar-refractivity contribution in [2.45, 2.75) is 32.0 Å². The highest BCUT2D eigenvalue weighted by Crippen LogP contribution is 2.33. The van der Waals surface area contributed by atoms with Gasteiger partial charge < -0.3 is 10.2 Å². The van der Waals surface area contributed by atoms with Crippen LogP contribution in [0.15, 0.2) is 23.4 Å². The fourth-order valence-electron chi connectivity index (χ4n) is 1.98. The van der Waals surface area contributed by atoms with Gasteiger partial charge >= 0.3 is 5.97 Å². The van der Waals surface area contributed by atoms with Gasteiger partial charge in [0.1, 0.15) is 5.75 Å². The number of phenolic OH excluding ortho intramolecular Hbond substituents is 1. The third-order valence-electron chi connectivity index (χ3n) is 2.90. The van der Waals surface area contributed by atoms with Crippen LogP contribution in [0.5, 0.6) is 5.75 Å². The zero-order valence-electron chi connectivity index (χ0n) is 12.1. The van der Waals surface area contributed by atoms with Gasteiger partial charge in [-0.05, 0) is 32.9 Å². The molecule has 2 aromatic rings. The minimum atomic E-state index is -0.904. The average molecular weight is 307 g/mol. The minimum Gasteiger partial charge on any atom is -0.507 e. The van der Waals surface area contributed by atoms with Gasteiger partial charge in [0.05, 0.1) is 11.3 Å². The number of aromatic nitrogens is 3. The highest BCUT2D eigenvalue weighted by molar-refractivity contribution is 7.99. The molecule has 112 valence electrons. The first kappa shape index (κ1) is 15.4. The maximum atomic E-state index is 10.7. The maximum absolute atomic E-state index is 10.7. The van der Waals surface area contributed by atoms with Crippen molar-refractivity contribution in [2.75, 3.05) is 5.75 Å². The van der Waals surface area contributed by atoms with Crippen LogP contribution < -0.4 is 0 Å². The van der Waals surface area contributed by atoms with Crippen LogP contribution in [-0.2, 0) is 4.79 Å². The van der Waals surface area contributed by atoms with E-state index in [9.17, 15) is 9.90 Å². The summed E-state index contributed by atoms with van der Waals surface area (Å²) >= 11 is 1.12. The summed E-state index contributed by atoms with van der Waals surface area (Å²) in [5.41, 5.74) is 1.60. The molecule has 7 heteroatoms. The molecule has 1 aromatic heterocycles. The fourth-order valence-corrected chi connectivity index (χ4v) is 2.77. The van der Waals surface area contributed by atoms with Gasteiger partial charge in [-0.1, -0.05) is 23.4 Å². The molecule has 2 N–H and O–H groups in total. The van der Waals surface area contributed by atoms with Crippen molar-refractivity contribution in [2.24, 2.45) is 0 Å². The van der Waals surface area contributed by atoms with Crippen LogP contribution in [0.3, 0.4) is 0 Å². The number of nitrogens with zero attached hydrogens (tertiary/aromatic N) is 3. The van der Waals surface area contributed by atoms with Crippen LogP contribution in [0.4, 0.5) is 0 Å². The number of thioether (sulfide) groups is 1. The molecule has 0 bridgehead atoms. The third-order valence-corrected chi connectivity index (χ3v) is 3.83. The van der Waals surface area contributed by atoms with Crippen molar-refractivity contribution in [3.05, 3.63) is 23.8 Å². The Morgan fingerprint density at radius 2 is 2.10 bits per heavy atom. The molecule has 0 unspecified atom stereocenters. The van der Waals surface area contributed by atoms with E-state index in [-0.39, 0.29) is 17.5 Å². The van der Waals surface area contributed by atoms with Gasteiger partial charge in [0, 0.05) is 6.04 Å². The van der Waals surface area contributed by atoms with E-state index in [1.54, 1.807) is 6.07 Å². The molecule has 21 heavy (non-hydrogen) atoms. The standard InChI is InChI=1S/C14H17N3O3S/c1-8(2)17-13(10-6-9(3)4-5-11(10)18)15-16-14(17)21-7-12(19)20/h4-6,8,18H,7H2,1-3H3,(H,19,20). The number of aromatic hydroxyl groups is 1. The Morgan fingerprint density at radius 1 is 1.38 bits per heavy atom. The Labute approximate surface area is 126 Å². The van der Waals surface area contributed by atoms with Crippen LogP contribution in [0.2, 0.25) is 0 Å². The molecule has 0 atom stereocenters. The number of rotatable bonds is 5. The fraction of sp³-hybridized carbons (Fsp3) is 0.357. The molecule has 0 aliphatic heterocycles. The molecule has 0 spiro atoms. The zero-order valence-corrected chi connectivity index (χ0v) is 12.9. The first-order valence-corrected chi connectivity index (χ1v) is 7.48. The minimum absolute atomic E-state index is 0.0474. The Hall–Kier alpha value is -2.02. The van der Waals surface area contributed by atoms with Gasteiger partial charge in [-0.3, -0.25) is 9.36 Å². The largest absolute Gasteiger partial charge is 0.507 e. The summed E-state index contributed by atoms with van der Waals surface area (Å²) in [5, 5.41) is 27.5. The Kier molecular flexibility index (Phi) is 4.52. The number of carboxylic acids is 1. The van der Waals surface area contributed by atoms with Gasteiger partial charge in [-0.25, -0.2) is 0 Å². The van der Waals surface area contributed by atoms with Crippen LogP contribution >= 0.6 is 11.8 Å². The lowest BCUT2D eigenvalue weighted by Gasteiger charge is -2.14. The molecule has 0 fully saturated rings. The van der Waals surface area contributed by atoms with Crippen molar-refractivity contribution in [3.8, 4) is 17.1 Å². The summed E-state index contributed by atoms with van der Waals surface area (Å²) in [6.07, 6.45) is 0. The van der Waals surface area contributed by atoms with Gasteiger partial charge in [0.15, 0.2) is 11.0 Å². The number of hydrogen-bond donors (Lipinski definition) is 2. The van der Waals surface area contributed by atoms with Crippen LogP contribution in [0.1, 0.15) is 25.5 Å². The summed E-state index contributed by atoms with van der Waals surface area (Å²) in [4.78, 5) is 10.7. The maximum Gasteiger partial charge on any atom is 0.313 e. The predicted octanol–water partition coefficient (Wildman–Crippen LogP) is 2.72. The second kappa shape index (κ2) is 6.17. The summed E-state index contributed by atoms with van der Waals surface area (Å²) in [7, 11) is 0. The van der Waals surface area contributed by atoms with E-state index in [4.69, 9.17) is 5.11 Å². The van der Waals surface area contributed by atoms with Gasteiger partial charge in [-0.15, -0.1) is 10.2 Å². The zero-order chi connectivity index (χ0) is 15.6. The molecule has 1 aromatic carbocycles. The van der Waals surface area contributed by atoms with Crippen LogP contribution in [0, 0.1) is 6.92 Å². The summed E-state index contributed by atoms with van der Waals surface area (Å²) in [6, 6.07) is 5.32. The van der Waals surface area contributed by atoms with Gasteiger partial charge in [0.25, 0.3) is 0 Å². The number of hydrogen-bond acceptors (Lipinski definition) is 5. The molecular weight excluding hydrogens is 290 g/mol. The first-order chi connectivity index (χ1) is 9.90. The van der Waals surface area contributed by atoms with E-state index in [0.29, 0.717) is 16.5 Å². The Bertz CT molecular complexity index is 667. The molecule has 0 radical (unpaired) electrons. The number of carbonyl (C=O) groups is 1. The average Bonchev–Trinajstić information content (AvgIpc) is 2.83. The molecule has 6 nitrogen and oxygen atoms in total. The molecule has 0 aliphatic carbocycles. The highest BCUT2D eigenvalue weighted by atomic mass is 32.2. The predicted molar refractivity (Wildman–Crippen MR) is 80.6 cm³/mol. The van der Waals surface area contributed by atoms with Crippen molar-refractivity contribution in [3.63, 3.8) is 0 Å². The lowest BCUT2D eigenvalue weighted by Crippen LogP contribution is -2.07. The quantitative estimate of drug-likeness (QED) is 0.826. The number of carboxylic acid groups (broad SMARTS) is 1. The topological polar surface area (TPSA) is 88.2 Å². The lowest BCUT2D eigenvalue weighted by atomic mass is 10.1. The third kappa shape index (κ3) is 3.36. The molecule has 0 aliphatic rings. The number of phenols is 1. The van der Waals surface area contributed by atoms with Crippen LogP contribution in [-0.4, -0.2) is 36.7 Å². The first-order valence-electron chi connectivity index (χ1n) is 6.49. The van der Waals surface area contributed by atoms with E-state index in [1.807, 2.05) is 37.5 Å². The Balaban J connectivity index is 2.49. The lowest BCUT2D eigenvalue weighted by molar-refractivity contribution is -0.133. The highest BCUT2D eigenvalue weighted by Gasteiger charge is 2.19. The SMILES string of the molecule is Cc1ccc(O)c(-c2nnc(SCC(=O)O)n2C(C)C)c1. The van der Waals surface area contributed by atoms with E-state index in [1.165, 1.54) is 0 Å². The summed E-state index contributed by atoms with van der Waals surface area (Å²) in [5.74, 6) is -0.313. The normalized spacial score (nSPS) is 11.0. The smallest absolute Gasteiger partial charge is 0.313 e. The number of benzene rings is 1. The molecule has 0 saturated carbocycles. The molecule has 0 saturated heterocycles. The molecular formula is C14H17N3O3S. The summed E-state index contributed by atoms with van der Waals surface area (Å²) < 4.78 is 1.84. The summed E-state index contributed by atoms with van der Waals surface area (Å²) in [6.45, 7) is 5.86. The second-order valence-electron chi connectivity index (χ2n) is 4.97. The van der Waals surface area contributed by atoms with Crippen molar-refractivity contribution in [1.29, 1.82) is 0 Å². The number of aryl methyl sites for hydroxylation is 1. The van der Waals surface area contributed by atoms with Crippen molar-refractivity contribution < 1.29 is 15.0 Å². The van der Waals surface area contributed by atoms with Crippen LogP contribution in [0.25, 0.3) is 11.4 Å². The monoisotopic (exact) mass is 307 g/mol. The Morgan fingerprint density at radius 3 is 2.71 bits per heavy atom. The molecule has 0 amide bonds. The van der Waals surface area contributed by atoms with E-state index in [2.05, 4.69) is 10.2 Å². The van der Waals surface area contributed by atoms with Gasteiger partial charge in [-0.2, -0.15) is 0 Å². The second-order valence-corrected chi connectivity index (χ2v) is 5.92. The molecule has 1 heterocycles. The number of aliphatic carboxylic acids is 1. The molecule has 2 rings (SSSR count).